The molecule has 0 fully saturated rings. The van der Waals surface area contributed by atoms with Gasteiger partial charge in [-0.3, -0.25) is 0 Å². The van der Waals surface area contributed by atoms with Gasteiger partial charge in [-0.15, -0.1) is 5.11 Å². The topological polar surface area (TPSA) is 37.1 Å². The standard InChI is InChI=1S/C12H11N3/c1-2-3-8-4-5-11-9(6-8)10-7-13-15-12(10)14-11/h4-7H,2-3H2,1H3. The van der Waals surface area contributed by atoms with Crippen molar-refractivity contribution in [2.75, 3.05) is 0 Å². The lowest BCUT2D eigenvalue weighted by molar-refractivity contribution is 0.921. The fourth-order valence-corrected chi connectivity index (χ4v) is 1.98. The molecular formula is C12H11N3. The van der Waals surface area contributed by atoms with Crippen molar-refractivity contribution in [3.8, 4) is 0 Å². The van der Waals surface area contributed by atoms with Gasteiger partial charge in [-0.05, 0) is 24.1 Å². The van der Waals surface area contributed by atoms with Crippen LogP contribution in [0.2, 0.25) is 0 Å². The Morgan fingerprint density at radius 2 is 2.20 bits per heavy atom. The van der Waals surface area contributed by atoms with Crippen molar-refractivity contribution < 1.29 is 0 Å². The van der Waals surface area contributed by atoms with Gasteiger partial charge in [-0.25, -0.2) is 4.99 Å². The van der Waals surface area contributed by atoms with Crippen LogP contribution in [0, 0.1) is 0 Å². The summed E-state index contributed by atoms with van der Waals surface area (Å²) in [6.45, 7) is 2.19. The van der Waals surface area contributed by atoms with Crippen LogP contribution in [-0.4, -0.2) is 5.84 Å². The average molecular weight is 197 g/mol. The van der Waals surface area contributed by atoms with E-state index in [0.29, 0.717) is 0 Å². The molecule has 0 saturated carbocycles. The van der Waals surface area contributed by atoms with Gasteiger partial charge in [0.15, 0.2) is 5.84 Å². The third-order valence-electron chi connectivity index (χ3n) is 2.70. The monoisotopic (exact) mass is 197 g/mol. The van der Waals surface area contributed by atoms with Crippen molar-refractivity contribution in [1.82, 2.24) is 0 Å². The number of nitrogens with zero attached hydrogens (tertiary/aromatic N) is 3. The fourth-order valence-electron chi connectivity index (χ4n) is 1.98. The summed E-state index contributed by atoms with van der Waals surface area (Å²) in [5, 5.41) is 7.85. The van der Waals surface area contributed by atoms with Crippen LogP contribution in [0.3, 0.4) is 0 Å². The van der Waals surface area contributed by atoms with E-state index in [1.807, 2.05) is 0 Å². The molecule has 15 heavy (non-hydrogen) atoms. The highest BCUT2D eigenvalue weighted by atomic mass is 15.2. The van der Waals surface area contributed by atoms with Crippen molar-refractivity contribution in [3.05, 3.63) is 35.5 Å². The number of aliphatic imine (C=N–C) groups is 1. The largest absolute Gasteiger partial charge is 0.226 e. The molecule has 3 rings (SSSR count). The third-order valence-corrected chi connectivity index (χ3v) is 2.70. The van der Waals surface area contributed by atoms with E-state index >= 15 is 0 Å². The van der Waals surface area contributed by atoms with Crippen LogP contribution in [0.4, 0.5) is 5.69 Å². The average Bonchev–Trinajstić information content (AvgIpc) is 2.78. The van der Waals surface area contributed by atoms with Crippen LogP contribution in [0.25, 0.3) is 5.57 Å². The Morgan fingerprint density at radius 1 is 1.27 bits per heavy atom. The molecule has 2 aliphatic heterocycles. The first kappa shape index (κ1) is 8.53. The molecule has 0 atom stereocenters. The molecule has 0 saturated heterocycles. The first-order valence-corrected chi connectivity index (χ1v) is 5.22. The van der Waals surface area contributed by atoms with Gasteiger partial charge in [0.1, 0.15) is 0 Å². The second kappa shape index (κ2) is 3.12. The Morgan fingerprint density at radius 3 is 3.07 bits per heavy atom. The highest BCUT2D eigenvalue weighted by Crippen LogP contribution is 2.38. The highest BCUT2D eigenvalue weighted by molar-refractivity contribution is 6.29. The summed E-state index contributed by atoms with van der Waals surface area (Å²) in [6.07, 6.45) is 4.07. The minimum Gasteiger partial charge on any atom is -0.226 e. The van der Waals surface area contributed by atoms with Gasteiger partial charge in [-0.1, -0.05) is 19.4 Å². The zero-order valence-electron chi connectivity index (χ0n) is 8.57. The maximum absolute atomic E-state index is 4.40. The zero-order valence-corrected chi connectivity index (χ0v) is 8.57. The fraction of sp³-hybridized carbons (Fsp3) is 0.250. The van der Waals surface area contributed by atoms with Gasteiger partial charge < -0.3 is 0 Å². The minimum absolute atomic E-state index is 0.763. The van der Waals surface area contributed by atoms with Crippen molar-refractivity contribution >= 4 is 17.1 Å². The summed E-state index contributed by atoms with van der Waals surface area (Å²) in [6, 6.07) is 6.42. The van der Waals surface area contributed by atoms with Crippen LogP contribution in [0.5, 0.6) is 0 Å². The van der Waals surface area contributed by atoms with E-state index in [1.54, 1.807) is 6.20 Å². The van der Waals surface area contributed by atoms with E-state index in [2.05, 4.69) is 40.3 Å². The molecular weight excluding hydrogens is 186 g/mol. The van der Waals surface area contributed by atoms with Crippen LogP contribution in [0.1, 0.15) is 24.5 Å². The molecule has 3 heteroatoms. The second-order valence-electron chi connectivity index (χ2n) is 3.80. The number of amidine groups is 1. The van der Waals surface area contributed by atoms with Gasteiger partial charge in [0.2, 0.25) is 0 Å². The van der Waals surface area contributed by atoms with Crippen molar-refractivity contribution in [2.24, 2.45) is 15.2 Å². The SMILES string of the molecule is CCCc1ccc2c(c1)C1=CN=NC1=N2. The number of aryl methyl sites for hydroxylation is 1. The highest BCUT2D eigenvalue weighted by Gasteiger charge is 2.23. The van der Waals surface area contributed by atoms with E-state index < -0.39 is 0 Å². The van der Waals surface area contributed by atoms with Crippen LogP contribution >= 0.6 is 0 Å². The first-order valence-electron chi connectivity index (χ1n) is 5.22. The predicted octanol–water partition coefficient (Wildman–Crippen LogP) is 3.49. The quantitative estimate of drug-likeness (QED) is 0.696. The van der Waals surface area contributed by atoms with Gasteiger partial charge in [-0.2, -0.15) is 5.11 Å². The van der Waals surface area contributed by atoms with Crippen molar-refractivity contribution in [1.29, 1.82) is 0 Å². The molecule has 2 heterocycles. The molecule has 0 aromatic heterocycles. The number of rotatable bonds is 2. The van der Waals surface area contributed by atoms with Crippen molar-refractivity contribution in [3.63, 3.8) is 0 Å². The Bertz CT molecular complexity index is 510. The summed E-state index contributed by atoms with van der Waals surface area (Å²) < 4.78 is 0. The molecule has 0 spiro atoms. The number of hydrogen-bond acceptors (Lipinski definition) is 3. The lowest BCUT2D eigenvalue weighted by Crippen LogP contribution is -1.88. The molecule has 0 amide bonds. The molecule has 2 aliphatic rings. The van der Waals surface area contributed by atoms with Gasteiger partial charge in [0.05, 0.1) is 17.5 Å². The summed E-state index contributed by atoms with van der Waals surface area (Å²) >= 11 is 0. The van der Waals surface area contributed by atoms with Gasteiger partial charge >= 0.3 is 0 Å². The summed E-state index contributed by atoms with van der Waals surface area (Å²) in [7, 11) is 0. The van der Waals surface area contributed by atoms with Crippen molar-refractivity contribution in [2.45, 2.75) is 19.8 Å². The van der Waals surface area contributed by atoms with Crippen LogP contribution < -0.4 is 0 Å². The van der Waals surface area contributed by atoms with Crippen LogP contribution in [-0.2, 0) is 6.42 Å². The molecule has 1 aromatic rings. The maximum atomic E-state index is 4.40. The Kier molecular flexibility index (Phi) is 1.78. The second-order valence-corrected chi connectivity index (χ2v) is 3.80. The maximum Gasteiger partial charge on any atom is 0.184 e. The molecule has 1 aromatic carbocycles. The summed E-state index contributed by atoms with van der Waals surface area (Å²) in [4.78, 5) is 4.40. The van der Waals surface area contributed by atoms with E-state index in [0.717, 1.165) is 23.5 Å². The summed E-state index contributed by atoms with van der Waals surface area (Å²) in [5.74, 6) is 0.763. The minimum atomic E-state index is 0.763. The van der Waals surface area contributed by atoms with Gasteiger partial charge in [0.25, 0.3) is 0 Å². The lowest BCUT2D eigenvalue weighted by Gasteiger charge is -2.02. The smallest absolute Gasteiger partial charge is 0.184 e. The first-order chi connectivity index (χ1) is 7.38. The Hall–Kier alpha value is -1.77. The predicted molar refractivity (Wildman–Crippen MR) is 60.4 cm³/mol. The van der Waals surface area contributed by atoms with E-state index in [1.165, 1.54) is 17.5 Å². The molecule has 0 unspecified atom stereocenters. The molecule has 3 nitrogen and oxygen atoms in total. The van der Waals surface area contributed by atoms with E-state index in [4.69, 9.17) is 0 Å². The normalized spacial score (nSPS) is 16.1. The molecule has 0 aliphatic carbocycles. The third kappa shape index (κ3) is 1.23. The Labute approximate surface area is 88.3 Å². The molecule has 0 bridgehead atoms. The zero-order chi connectivity index (χ0) is 10.3. The molecule has 0 N–H and O–H groups in total. The summed E-state index contributed by atoms with van der Waals surface area (Å²) in [5.41, 5.74) is 4.64. The van der Waals surface area contributed by atoms with Crippen LogP contribution in [0.15, 0.2) is 39.6 Å². The number of azo groups is 1. The van der Waals surface area contributed by atoms with Gasteiger partial charge in [0, 0.05) is 5.56 Å². The lowest BCUT2D eigenvalue weighted by atomic mass is 10.0. The number of hydrogen-bond donors (Lipinski definition) is 0. The Balaban J connectivity index is 2.07. The van der Waals surface area contributed by atoms with E-state index in [9.17, 15) is 0 Å². The number of fused-ring (bicyclic) bond motifs is 3. The number of benzene rings is 1. The molecule has 74 valence electrons. The molecule has 0 radical (unpaired) electrons. The van der Waals surface area contributed by atoms with E-state index in [-0.39, 0.29) is 0 Å².